The Hall–Kier alpha value is -2.43. The molecule has 0 aliphatic carbocycles. The number of hydrogen-bond acceptors (Lipinski definition) is 3. The molecule has 0 atom stereocenters. The smallest absolute Gasteiger partial charge is 0.240 e. The van der Waals surface area contributed by atoms with E-state index in [0.717, 1.165) is 11.1 Å². The van der Waals surface area contributed by atoms with Crippen molar-refractivity contribution < 1.29 is 4.39 Å². The van der Waals surface area contributed by atoms with Crippen molar-refractivity contribution in [2.75, 3.05) is 5.73 Å². The number of anilines is 1. The molecular formula is C12H9FN4. The third-order valence-corrected chi connectivity index (χ3v) is 2.51. The molecule has 4 nitrogen and oxygen atoms in total. The number of halogens is 1. The van der Waals surface area contributed by atoms with Crippen LogP contribution in [0.15, 0.2) is 42.6 Å². The van der Waals surface area contributed by atoms with E-state index in [1.807, 2.05) is 18.2 Å². The van der Waals surface area contributed by atoms with E-state index >= 15 is 0 Å². The molecule has 84 valence electrons. The second-order valence-electron chi connectivity index (χ2n) is 3.70. The normalized spacial score (nSPS) is 10.9. The van der Waals surface area contributed by atoms with Crippen LogP contribution >= 0.6 is 0 Å². The van der Waals surface area contributed by atoms with Crippen LogP contribution in [0.3, 0.4) is 0 Å². The molecule has 5 heteroatoms. The molecule has 0 aliphatic heterocycles. The van der Waals surface area contributed by atoms with Crippen molar-refractivity contribution in [3.63, 3.8) is 0 Å². The van der Waals surface area contributed by atoms with Crippen LogP contribution in [0, 0.1) is 5.82 Å². The topological polar surface area (TPSA) is 56.2 Å². The molecule has 3 rings (SSSR count). The zero-order valence-corrected chi connectivity index (χ0v) is 8.84. The number of rotatable bonds is 1. The summed E-state index contributed by atoms with van der Waals surface area (Å²) in [6, 6.07) is 10.1. The van der Waals surface area contributed by atoms with Crippen LogP contribution in [0.2, 0.25) is 0 Å². The molecule has 2 N–H and O–H groups in total. The summed E-state index contributed by atoms with van der Waals surface area (Å²) in [5.74, 6) is -0.0373. The molecule has 2 heterocycles. The first-order chi connectivity index (χ1) is 8.22. The van der Waals surface area contributed by atoms with Gasteiger partial charge in [0.15, 0.2) is 5.65 Å². The van der Waals surface area contributed by atoms with Crippen LogP contribution in [0.4, 0.5) is 10.3 Å². The van der Waals surface area contributed by atoms with Gasteiger partial charge in [-0.15, -0.1) is 5.10 Å². The third-order valence-electron chi connectivity index (χ3n) is 2.51. The molecule has 1 aromatic carbocycles. The van der Waals surface area contributed by atoms with Gasteiger partial charge in [0.25, 0.3) is 0 Å². The summed E-state index contributed by atoms with van der Waals surface area (Å²) in [6.07, 6.45) is 1.75. The highest BCUT2D eigenvalue weighted by Gasteiger charge is 2.03. The molecule has 0 spiro atoms. The lowest BCUT2D eigenvalue weighted by molar-refractivity contribution is 0.628. The Kier molecular flexibility index (Phi) is 2.04. The van der Waals surface area contributed by atoms with Crippen molar-refractivity contribution in [2.45, 2.75) is 0 Å². The second-order valence-corrected chi connectivity index (χ2v) is 3.70. The Balaban J connectivity index is 2.17. The molecule has 0 aliphatic rings. The number of nitrogens with zero attached hydrogens (tertiary/aromatic N) is 3. The summed E-state index contributed by atoms with van der Waals surface area (Å²) in [6.45, 7) is 0. The molecule has 0 fully saturated rings. The lowest BCUT2D eigenvalue weighted by atomic mass is 10.1. The molecule has 0 bridgehead atoms. The number of pyridine rings is 1. The molecule has 0 saturated heterocycles. The Morgan fingerprint density at radius 3 is 2.76 bits per heavy atom. The standard InChI is InChI=1S/C12H9FN4/c13-10-3-1-2-8(6-10)9-4-5-17-11(7-9)15-12(14)16-17/h1-7H,(H2,14,16). The highest BCUT2D eigenvalue weighted by atomic mass is 19.1. The maximum Gasteiger partial charge on any atom is 0.240 e. The van der Waals surface area contributed by atoms with Crippen LogP contribution in [0.25, 0.3) is 16.8 Å². The molecule has 2 aromatic heterocycles. The number of aromatic nitrogens is 3. The number of hydrogen-bond donors (Lipinski definition) is 1. The van der Waals surface area contributed by atoms with Crippen LogP contribution in [0.1, 0.15) is 0 Å². The molecule has 0 unspecified atom stereocenters. The molecule has 17 heavy (non-hydrogen) atoms. The molecule has 0 radical (unpaired) electrons. The van der Waals surface area contributed by atoms with Crippen LogP contribution in [-0.4, -0.2) is 14.6 Å². The van der Waals surface area contributed by atoms with Crippen molar-refractivity contribution in [1.82, 2.24) is 14.6 Å². The Morgan fingerprint density at radius 2 is 1.94 bits per heavy atom. The van der Waals surface area contributed by atoms with Gasteiger partial charge in [0.2, 0.25) is 5.95 Å². The third kappa shape index (κ3) is 1.71. The molecule has 0 amide bonds. The van der Waals surface area contributed by atoms with Crippen LogP contribution < -0.4 is 5.73 Å². The number of benzene rings is 1. The highest BCUT2D eigenvalue weighted by Crippen LogP contribution is 2.21. The molecule has 0 saturated carbocycles. The quantitative estimate of drug-likeness (QED) is 0.694. The monoisotopic (exact) mass is 228 g/mol. The number of nitrogen functional groups attached to an aromatic ring is 1. The van der Waals surface area contributed by atoms with Crippen molar-refractivity contribution in [3.05, 3.63) is 48.4 Å². The maximum absolute atomic E-state index is 13.1. The Labute approximate surface area is 96.5 Å². The summed E-state index contributed by atoms with van der Waals surface area (Å²) in [4.78, 5) is 4.06. The van der Waals surface area contributed by atoms with E-state index in [1.54, 1.807) is 16.8 Å². The van der Waals surface area contributed by atoms with Gasteiger partial charge in [-0.05, 0) is 35.4 Å². The fourth-order valence-electron chi connectivity index (χ4n) is 1.75. The van der Waals surface area contributed by atoms with E-state index < -0.39 is 0 Å². The van der Waals surface area contributed by atoms with Crippen LogP contribution in [0.5, 0.6) is 0 Å². The van der Waals surface area contributed by atoms with Gasteiger partial charge in [0.1, 0.15) is 5.82 Å². The minimum absolute atomic E-state index is 0.224. The van der Waals surface area contributed by atoms with E-state index in [2.05, 4.69) is 10.1 Å². The first-order valence-corrected chi connectivity index (χ1v) is 5.10. The predicted octanol–water partition coefficient (Wildman–Crippen LogP) is 2.12. The highest BCUT2D eigenvalue weighted by molar-refractivity contribution is 5.67. The predicted molar refractivity (Wildman–Crippen MR) is 62.8 cm³/mol. The average molecular weight is 228 g/mol. The Morgan fingerprint density at radius 1 is 1.12 bits per heavy atom. The first kappa shape index (κ1) is 9.77. The SMILES string of the molecule is Nc1nc2cc(-c3cccc(F)c3)ccn2n1. The summed E-state index contributed by atoms with van der Waals surface area (Å²) in [7, 11) is 0. The summed E-state index contributed by atoms with van der Waals surface area (Å²) in [5, 5.41) is 3.97. The van der Waals surface area contributed by atoms with Gasteiger partial charge in [-0.2, -0.15) is 4.98 Å². The van der Waals surface area contributed by atoms with Gasteiger partial charge in [0, 0.05) is 6.20 Å². The summed E-state index contributed by atoms with van der Waals surface area (Å²) < 4.78 is 14.7. The fraction of sp³-hybridized carbons (Fsp3) is 0. The lowest BCUT2D eigenvalue weighted by Gasteiger charge is -2.01. The van der Waals surface area contributed by atoms with E-state index in [4.69, 9.17) is 5.73 Å². The minimum atomic E-state index is -0.261. The summed E-state index contributed by atoms with van der Waals surface area (Å²) in [5.41, 5.74) is 7.82. The van der Waals surface area contributed by atoms with E-state index in [9.17, 15) is 4.39 Å². The largest absolute Gasteiger partial charge is 0.366 e. The van der Waals surface area contributed by atoms with Gasteiger partial charge < -0.3 is 5.73 Å². The van der Waals surface area contributed by atoms with Crippen molar-refractivity contribution >= 4 is 11.6 Å². The molecule has 3 aromatic rings. The van der Waals surface area contributed by atoms with Crippen molar-refractivity contribution in [2.24, 2.45) is 0 Å². The van der Waals surface area contributed by atoms with Crippen molar-refractivity contribution in [3.8, 4) is 11.1 Å². The maximum atomic E-state index is 13.1. The zero-order chi connectivity index (χ0) is 11.8. The molecular weight excluding hydrogens is 219 g/mol. The van der Waals surface area contributed by atoms with Crippen LogP contribution in [-0.2, 0) is 0 Å². The Bertz CT molecular complexity index is 690. The van der Waals surface area contributed by atoms with E-state index in [-0.39, 0.29) is 11.8 Å². The van der Waals surface area contributed by atoms with Gasteiger partial charge in [-0.25, -0.2) is 8.91 Å². The van der Waals surface area contributed by atoms with Gasteiger partial charge in [-0.3, -0.25) is 0 Å². The fourth-order valence-corrected chi connectivity index (χ4v) is 1.75. The lowest BCUT2D eigenvalue weighted by Crippen LogP contribution is -1.89. The average Bonchev–Trinajstić information content (AvgIpc) is 2.68. The van der Waals surface area contributed by atoms with Gasteiger partial charge >= 0.3 is 0 Å². The second kappa shape index (κ2) is 3.55. The van der Waals surface area contributed by atoms with Crippen molar-refractivity contribution in [1.29, 1.82) is 0 Å². The van der Waals surface area contributed by atoms with Gasteiger partial charge in [-0.1, -0.05) is 12.1 Å². The number of nitrogens with two attached hydrogens (primary N) is 1. The van der Waals surface area contributed by atoms with E-state index in [0.29, 0.717) is 5.65 Å². The van der Waals surface area contributed by atoms with Gasteiger partial charge in [0.05, 0.1) is 0 Å². The summed E-state index contributed by atoms with van der Waals surface area (Å²) >= 11 is 0. The minimum Gasteiger partial charge on any atom is -0.366 e. The van der Waals surface area contributed by atoms with E-state index in [1.165, 1.54) is 12.1 Å². The zero-order valence-electron chi connectivity index (χ0n) is 8.84. The number of fused-ring (bicyclic) bond motifs is 1. The first-order valence-electron chi connectivity index (χ1n) is 5.10.